The van der Waals surface area contributed by atoms with E-state index in [1.165, 1.54) is 54.9 Å². The third-order valence-corrected chi connectivity index (χ3v) is 7.12. The molecule has 0 atom stereocenters. The second-order valence-corrected chi connectivity index (χ2v) is 9.38. The molecular weight excluding hydrogens is 436 g/mol. The van der Waals surface area contributed by atoms with Crippen LogP contribution in [-0.2, 0) is 6.42 Å². The van der Waals surface area contributed by atoms with Crippen LogP contribution < -0.4 is 0 Å². The zero-order valence-corrected chi connectivity index (χ0v) is 19.8. The molecule has 0 aliphatic rings. The molecule has 0 amide bonds. The van der Waals surface area contributed by atoms with E-state index in [2.05, 4.69) is 127 Å². The van der Waals surface area contributed by atoms with E-state index in [4.69, 9.17) is 4.42 Å². The Labute approximate surface area is 210 Å². The van der Waals surface area contributed by atoms with Gasteiger partial charge in [0.25, 0.3) is 0 Å². The lowest BCUT2D eigenvalue weighted by molar-refractivity contribution is 0.664. The maximum absolute atomic E-state index is 6.40. The number of hydrogen-bond acceptors (Lipinski definition) is 1. The van der Waals surface area contributed by atoms with Crippen molar-refractivity contribution in [3.63, 3.8) is 0 Å². The van der Waals surface area contributed by atoms with Crippen LogP contribution in [0.5, 0.6) is 0 Å². The van der Waals surface area contributed by atoms with Crippen molar-refractivity contribution in [3.8, 4) is 22.3 Å². The topological polar surface area (TPSA) is 13.1 Å². The van der Waals surface area contributed by atoms with Gasteiger partial charge in [0, 0.05) is 22.8 Å². The highest BCUT2D eigenvalue weighted by Gasteiger charge is 2.15. The molecule has 0 saturated heterocycles. The molecule has 6 aromatic carbocycles. The third-order valence-electron chi connectivity index (χ3n) is 7.12. The normalized spacial score (nSPS) is 11.4. The van der Waals surface area contributed by atoms with Crippen molar-refractivity contribution in [1.29, 1.82) is 0 Å². The van der Waals surface area contributed by atoms with Crippen LogP contribution in [0.4, 0.5) is 0 Å². The molecule has 1 aromatic heterocycles. The zero-order chi connectivity index (χ0) is 23.9. The summed E-state index contributed by atoms with van der Waals surface area (Å²) >= 11 is 0. The first-order valence-electron chi connectivity index (χ1n) is 12.4. The van der Waals surface area contributed by atoms with Crippen molar-refractivity contribution in [1.82, 2.24) is 0 Å². The summed E-state index contributed by atoms with van der Waals surface area (Å²) in [5, 5.41) is 4.89. The summed E-state index contributed by atoms with van der Waals surface area (Å²) in [5.41, 5.74) is 9.37. The maximum Gasteiger partial charge on any atom is 0.139 e. The highest BCUT2D eigenvalue weighted by Crippen LogP contribution is 2.37. The van der Waals surface area contributed by atoms with E-state index in [0.717, 1.165) is 17.6 Å². The van der Waals surface area contributed by atoms with Crippen LogP contribution in [0.2, 0.25) is 0 Å². The Kier molecular flexibility index (Phi) is 4.92. The number of para-hydroxylation sites is 1. The summed E-state index contributed by atoms with van der Waals surface area (Å²) in [6.07, 6.45) is 0.828. The highest BCUT2D eigenvalue weighted by molar-refractivity contribution is 6.19. The van der Waals surface area contributed by atoms with E-state index in [1.54, 1.807) is 0 Å². The van der Waals surface area contributed by atoms with E-state index in [9.17, 15) is 0 Å². The molecule has 0 saturated carbocycles. The number of hydrogen-bond donors (Lipinski definition) is 0. The average molecular weight is 461 g/mol. The molecule has 1 heteroatoms. The molecule has 0 fully saturated rings. The van der Waals surface area contributed by atoms with Gasteiger partial charge in [0.1, 0.15) is 11.2 Å². The van der Waals surface area contributed by atoms with E-state index in [-0.39, 0.29) is 0 Å². The van der Waals surface area contributed by atoms with Crippen molar-refractivity contribution < 1.29 is 4.42 Å². The van der Waals surface area contributed by atoms with Gasteiger partial charge in [-0.3, -0.25) is 0 Å². The summed E-state index contributed by atoms with van der Waals surface area (Å²) in [4.78, 5) is 0. The SMILES string of the molecule is c1ccc(-c2ccc(-c3ccc(Cc4cc5ccccc5c5c4oc4ccccc45)cc3)cc2)cc1. The molecule has 1 heterocycles. The predicted molar refractivity (Wildman–Crippen MR) is 151 cm³/mol. The van der Waals surface area contributed by atoms with Crippen molar-refractivity contribution in [3.05, 3.63) is 145 Å². The first-order valence-corrected chi connectivity index (χ1v) is 12.4. The minimum atomic E-state index is 0.828. The fraction of sp³-hybridized carbons (Fsp3) is 0.0286. The third kappa shape index (κ3) is 3.57. The van der Waals surface area contributed by atoms with Gasteiger partial charge in [0.2, 0.25) is 0 Å². The molecule has 0 N–H and O–H groups in total. The Morgan fingerprint density at radius 2 is 1.03 bits per heavy atom. The summed E-state index contributed by atoms with van der Waals surface area (Å²) in [7, 11) is 0. The monoisotopic (exact) mass is 460 g/mol. The zero-order valence-electron chi connectivity index (χ0n) is 19.8. The van der Waals surface area contributed by atoms with Crippen molar-refractivity contribution in [2.45, 2.75) is 6.42 Å². The smallest absolute Gasteiger partial charge is 0.139 e. The van der Waals surface area contributed by atoms with Crippen LogP contribution in [0.1, 0.15) is 11.1 Å². The quantitative estimate of drug-likeness (QED) is 0.255. The van der Waals surface area contributed by atoms with Crippen LogP contribution in [0.15, 0.2) is 138 Å². The van der Waals surface area contributed by atoms with Crippen molar-refractivity contribution in [2.75, 3.05) is 0 Å². The highest BCUT2D eigenvalue weighted by atomic mass is 16.3. The van der Waals surface area contributed by atoms with Crippen LogP contribution in [0, 0.1) is 0 Å². The van der Waals surface area contributed by atoms with Gasteiger partial charge in [0.15, 0.2) is 0 Å². The molecule has 0 aliphatic carbocycles. The van der Waals surface area contributed by atoms with Gasteiger partial charge in [0.05, 0.1) is 0 Å². The van der Waals surface area contributed by atoms with Crippen LogP contribution in [0.25, 0.3) is 55.0 Å². The fourth-order valence-electron chi connectivity index (χ4n) is 5.29. The van der Waals surface area contributed by atoms with Crippen LogP contribution >= 0.6 is 0 Å². The Balaban J connectivity index is 1.23. The molecule has 0 aliphatic heterocycles. The standard InChI is InChI=1S/C35H24O/c1-2-8-25(9-3-1)27-18-20-28(21-19-27)26-16-14-24(15-17-26)22-30-23-29-10-4-5-11-31(29)34-32-12-6-7-13-33(32)36-35(30)34/h1-21,23H,22H2. The molecular formula is C35H24O. The molecule has 0 bridgehead atoms. The lowest BCUT2D eigenvalue weighted by atomic mass is 9.95. The number of fused-ring (bicyclic) bond motifs is 5. The Morgan fingerprint density at radius 1 is 0.472 bits per heavy atom. The minimum absolute atomic E-state index is 0.828. The van der Waals surface area contributed by atoms with Gasteiger partial charge in [-0.25, -0.2) is 0 Å². The first kappa shape index (κ1) is 20.7. The summed E-state index contributed by atoms with van der Waals surface area (Å²) in [6.45, 7) is 0. The van der Waals surface area contributed by atoms with Crippen molar-refractivity contribution in [2.24, 2.45) is 0 Å². The second kappa shape index (κ2) is 8.55. The molecule has 170 valence electrons. The number of benzene rings is 6. The maximum atomic E-state index is 6.40. The fourth-order valence-corrected chi connectivity index (χ4v) is 5.29. The van der Waals surface area contributed by atoms with Gasteiger partial charge in [-0.2, -0.15) is 0 Å². The lowest BCUT2D eigenvalue weighted by Crippen LogP contribution is -1.90. The molecule has 36 heavy (non-hydrogen) atoms. The lowest BCUT2D eigenvalue weighted by Gasteiger charge is -2.09. The van der Waals surface area contributed by atoms with E-state index >= 15 is 0 Å². The molecule has 1 nitrogen and oxygen atoms in total. The second-order valence-electron chi connectivity index (χ2n) is 9.38. The van der Waals surface area contributed by atoms with Crippen molar-refractivity contribution >= 4 is 32.7 Å². The average Bonchev–Trinajstić information content (AvgIpc) is 3.35. The Bertz CT molecular complexity index is 1820. The van der Waals surface area contributed by atoms with Gasteiger partial charge in [-0.15, -0.1) is 0 Å². The van der Waals surface area contributed by atoms with Gasteiger partial charge in [-0.05, 0) is 50.7 Å². The minimum Gasteiger partial charge on any atom is -0.456 e. The number of furan rings is 1. The van der Waals surface area contributed by atoms with Crippen LogP contribution in [-0.4, -0.2) is 0 Å². The van der Waals surface area contributed by atoms with Crippen LogP contribution in [0.3, 0.4) is 0 Å². The van der Waals surface area contributed by atoms with E-state index in [1.807, 2.05) is 6.07 Å². The predicted octanol–water partition coefficient (Wildman–Crippen LogP) is 9.66. The summed E-state index contributed by atoms with van der Waals surface area (Å²) < 4.78 is 6.40. The first-order chi connectivity index (χ1) is 17.8. The molecule has 0 spiro atoms. The molecule has 0 radical (unpaired) electrons. The van der Waals surface area contributed by atoms with Gasteiger partial charge >= 0.3 is 0 Å². The summed E-state index contributed by atoms with van der Waals surface area (Å²) in [5.74, 6) is 0. The molecule has 7 aromatic rings. The van der Waals surface area contributed by atoms with Gasteiger partial charge in [-0.1, -0.05) is 121 Å². The van der Waals surface area contributed by atoms with E-state index in [0.29, 0.717) is 0 Å². The van der Waals surface area contributed by atoms with E-state index < -0.39 is 0 Å². The summed E-state index contributed by atoms with van der Waals surface area (Å²) in [6, 6.07) is 47.5. The Hall–Kier alpha value is -4.62. The van der Waals surface area contributed by atoms with Gasteiger partial charge < -0.3 is 4.42 Å². The number of rotatable bonds is 4. The molecule has 0 unspecified atom stereocenters. The largest absolute Gasteiger partial charge is 0.456 e. The molecule has 7 rings (SSSR count). The Morgan fingerprint density at radius 3 is 1.75 bits per heavy atom.